The molecule has 2 aromatic rings. The normalized spacial score (nSPS) is 13.6. The van der Waals surface area contributed by atoms with Gasteiger partial charge in [0.1, 0.15) is 11.3 Å². The fourth-order valence-corrected chi connectivity index (χ4v) is 2.95. The first-order chi connectivity index (χ1) is 12.2. The molecule has 132 valence electrons. The van der Waals surface area contributed by atoms with E-state index in [1.54, 1.807) is 10.8 Å². The minimum atomic E-state index is -0.488. The van der Waals surface area contributed by atoms with Crippen LogP contribution in [0.15, 0.2) is 35.3 Å². The van der Waals surface area contributed by atoms with E-state index in [4.69, 9.17) is 9.47 Å². The van der Waals surface area contributed by atoms with Gasteiger partial charge < -0.3 is 19.4 Å². The molecule has 0 aromatic carbocycles. The Kier molecular flexibility index (Phi) is 5.45. The van der Waals surface area contributed by atoms with Crippen LogP contribution >= 0.6 is 0 Å². The van der Waals surface area contributed by atoms with E-state index >= 15 is 0 Å². The molecule has 0 atom stereocenters. The average Bonchev–Trinajstić information content (AvgIpc) is 2.89. The molecule has 0 bridgehead atoms. The topological polar surface area (TPSA) is 82.5 Å². The van der Waals surface area contributed by atoms with Gasteiger partial charge in [-0.05, 0) is 12.1 Å². The molecular formula is C18H21N3O4. The van der Waals surface area contributed by atoms with Crippen LogP contribution in [0.4, 0.5) is 0 Å². The largest absolute Gasteiger partial charge is 0.492 e. The molecule has 0 spiro atoms. The maximum Gasteiger partial charge on any atom is 0.343 e. The molecule has 0 aliphatic carbocycles. The van der Waals surface area contributed by atoms with Crippen LogP contribution in [-0.4, -0.2) is 42.3 Å². The van der Waals surface area contributed by atoms with E-state index in [2.05, 4.69) is 10.3 Å². The van der Waals surface area contributed by atoms with Crippen molar-refractivity contribution in [2.75, 3.05) is 26.8 Å². The van der Waals surface area contributed by atoms with Gasteiger partial charge in [0.15, 0.2) is 0 Å². The lowest BCUT2D eigenvalue weighted by molar-refractivity contribution is 0.0593. The number of rotatable bonds is 5. The zero-order valence-corrected chi connectivity index (χ0v) is 14.2. The van der Waals surface area contributed by atoms with Crippen molar-refractivity contribution in [1.29, 1.82) is 0 Å². The number of esters is 1. The molecule has 7 nitrogen and oxygen atoms in total. The predicted molar refractivity (Wildman–Crippen MR) is 92.1 cm³/mol. The SMILES string of the molecule is COC(=O)c1c(OCCc2ccccn2)cc(=O)n2c1CCNCC2. The summed E-state index contributed by atoms with van der Waals surface area (Å²) in [6.07, 6.45) is 2.87. The van der Waals surface area contributed by atoms with Crippen molar-refractivity contribution in [3.05, 3.63) is 57.8 Å². The lowest BCUT2D eigenvalue weighted by atomic mass is 10.1. The van der Waals surface area contributed by atoms with Crippen molar-refractivity contribution in [3.63, 3.8) is 0 Å². The van der Waals surface area contributed by atoms with Crippen molar-refractivity contribution in [1.82, 2.24) is 14.9 Å². The van der Waals surface area contributed by atoms with Gasteiger partial charge in [0.05, 0.1) is 13.7 Å². The van der Waals surface area contributed by atoms with Crippen molar-refractivity contribution in [3.8, 4) is 5.75 Å². The molecule has 0 amide bonds. The summed E-state index contributed by atoms with van der Waals surface area (Å²) in [5.41, 5.74) is 1.72. The van der Waals surface area contributed by atoms with E-state index in [9.17, 15) is 9.59 Å². The highest BCUT2D eigenvalue weighted by molar-refractivity contribution is 5.93. The Balaban J connectivity index is 1.89. The van der Waals surface area contributed by atoms with Crippen LogP contribution in [0.25, 0.3) is 0 Å². The number of aromatic nitrogens is 2. The van der Waals surface area contributed by atoms with Gasteiger partial charge in [0.25, 0.3) is 5.56 Å². The van der Waals surface area contributed by atoms with Crippen LogP contribution in [-0.2, 0) is 24.1 Å². The smallest absolute Gasteiger partial charge is 0.343 e. The molecule has 3 heterocycles. The summed E-state index contributed by atoms with van der Waals surface area (Å²) in [6.45, 7) is 2.22. The fraction of sp³-hybridized carbons (Fsp3) is 0.389. The Morgan fingerprint density at radius 3 is 3.00 bits per heavy atom. The van der Waals surface area contributed by atoms with E-state index < -0.39 is 5.97 Å². The zero-order chi connectivity index (χ0) is 17.6. The molecule has 0 saturated heterocycles. The molecule has 0 radical (unpaired) electrons. The maximum absolute atomic E-state index is 12.4. The molecular weight excluding hydrogens is 322 g/mol. The summed E-state index contributed by atoms with van der Waals surface area (Å²) >= 11 is 0. The minimum absolute atomic E-state index is 0.167. The van der Waals surface area contributed by atoms with Crippen LogP contribution in [0.2, 0.25) is 0 Å². The summed E-state index contributed by atoms with van der Waals surface area (Å²) in [4.78, 5) is 29.0. The Morgan fingerprint density at radius 1 is 1.36 bits per heavy atom. The molecule has 0 unspecified atom stereocenters. The maximum atomic E-state index is 12.4. The van der Waals surface area contributed by atoms with Crippen LogP contribution < -0.4 is 15.6 Å². The summed E-state index contributed by atoms with van der Waals surface area (Å²) in [5.74, 6) is -0.209. The van der Waals surface area contributed by atoms with E-state index in [1.807, 2.05) is 18.2 Å². The lowest BCUT2D eigenvalue weighted by Crippen LogP contribution is -2.28. The molecule has 1 N–H and O–H groups in total. The highest BCUT2D eigenvalue weighted by Gasteiger charge is 2.24. The van der Waals surface area contributed by atoms with Crippen LogP contribution in [0.5, 0.6) is 5.75 Å². The van der Waals surface area contributed by atoms with Gasteiger partial charge in [0.2, 0.25) is 0 Å². The summed E-state index contributed by atoms with van der Waals surface area (Å²) in [7, 11) is 1.33. The number of methoxy groups -OCH3 is 1. The van der Waals surface area contributed by atoms with E-state index in [-0.39, 0.29) is 11.3 Å². The second kappa shape index (κ2) is 7.94. The van der Waals surface area contributed by atoms with Gasteiger partial charge in [-0.15, -0.1) is 0 Å². The van der Waals surface area contributed by atoms with Crippen molar-refractivity contribution in [2.24, 2.45) is 0 Å². The first kappa shape index (κ1) is 17.2. The predicted octanol–water partition coefficient (Wildman–Crippen LogP) is 0.797. The molecule has 0 fully saturated rings. The van der Waals surface area contributed by atoms with E-state index in [0.29, 0.717) is 50.3 Å². The third-order valence-electron chi connectivity index (χ3n) is 4.16. The first-order valence-electron chi connectivity index (χ1n) is 8.29. The van der Waals surface area contributed by atoms with Crippen molar-refractivity contribution >= 4 is 5.97 Å². The minimum Gasteiger partial charge on any atom is -0.492 e. The Labute approximate surface area is 145 Å². The second-order valence-electron chi connectivity index (χ2n) is 5.73. The highest BCUT2D eigenvalue weighted by atomic mass is 16.5. The summed E-state index contributed by atoms with van der Waals surface area (Å²) < 4.78 is 12.3. The number of nitrogens with zero attached hydrogens (tertiary/aromatic N) is 2. The van der Waals surface area contributed by atoms with Crippen molar-refractivity contribution < 1.29 is 14.3 Å². The average molecular weight is 343 g/mol. The number of hydrogen-bond acceptors (Lipinski definition) is 6. The van der Waals surface area contributed by atoms with Gasteiger partial charge in [-0.25, -0.2) is 4.79 Å². The third kappa shape index (κ3) is 3.88. The standard InChI is InChI=1S/C18H21N3O4/c1-24-18(23)17-14-5-8-19-9-10-21(14)16(22)12-15(17)25-11-6-13-4-2-3-7-20-13/h2-4,7,12,19H,5-6,8-11H2,1H3. The van der Waals surface area contributed by atoms with Gasteiger partial charge in [-0.1, -0.05) is 6.07 Å². The number of carbonyl (C=O) groups excluding carboxylic acids is 1. The molecule has 0 saturated carbocycles. The molecule has 1 aliphatic heterocycles. The number of fused-ring (bicyclic) bond motifs is 1. The molecule has 25 heavy (non-hydrogen) atoms. The Hall–Kier alpha value is -2.67. The first-order valence-corrected chi connectivity index (χ1v) is 8.29. The number of pyridine rings is 2. The number of carbonyl (C=O) groups is 1. The molecule has 7 heteroatoms. The quantitative estimate of drug-likeness (QED) is 0.809. The van der Waals surface area contributed by atoms with Gasteiger partial charge in [-0.3, -0.25) is 9.78 Å². The highest BCUT2D eigenvalue weighted by Crippen LogP contribution is 2.23. The van der Waals surface area contributed by atoms with Crippen LogP contribution in [0.1, 0.15) is 21.7 Å². The number of hydrogen-bond donors (Lipinski definition) is 1. The van der Waals surface area contributed by atoms with Gasteiger partial charge in [-0.2, -0.15) is 0 Å². The summed E-state index contributed by atoms with van der Waals surface area (Å²) in [5, 5.41) is 3.23. The number of nitrogens with one attached hydrogen (secondary N) is 1. The van der Waals surface area contributed by atoms with Crippen LogP contribution in [0.3, 0.4) is 0 Å². The monoisotopic (exact) mass is 343 g/mol. The number of ether oxygens (including phenoxy) is 2. The Bertz CT molecular complexity index is 802. The third-order valence-corrected chi connectivity index (χ3v) is 4.16. The van der Waals surface area contributed by atoms with Crippen molar-refractivity contribution in [2.45, 2.75) is 19.4 Å². The molecule has 2 aromatic heterocycles. The zero-order valence-electron chi connectivity index (χ0n) is 14.2. The fourth-order valence-electron chi connectivity index (χ4n) is 2.95. The molecule has 3 rings (SSSR count). The van der Waals surface area contributed by atoms with E-state index in [0.717, 1.165) is 5.69 Å². The van der Waals surface area contributed by atoms with Gasteiger partial charge in [0, 0.05) is 56.1 Å². The van der Waals surface area contributed by atoms with E-state index in [1.165, 1.54) is 13.2 Å². The summed E-state index contributed by atoms with van der Waals surface area (Å²) in [6, 6.07) is 7.03. The Morgan fingerprint density at radius 2 is 2.24 bits per heavy atom. The second-order valence-corrected chi connectivity index (χ2v) is 5.73. The van der Waals surface area contributed by atoms with Gasteiger partial charge >= 0.3 is 5.97 Å². The van der Waals surface area contributed by atoms with Crippen LogP contribution in [0, 0.1) is 0 Å². The molecule has 1 aliphatic rings. The lowest BCUT2D eigenvalue weighted by Gasteiger charge is -2.17.